The van der Waals surface area contributed by atoms with Crippen molar-refractivity contribution in [2.24, 2.45) is 0 Å². The lowest BCUT2D eigenvalue weighted by Gasteiger charge is -2.29. The number of carbonyl (C=O) groups is 1. The predicted molar refractivity (Wildman–Crippen MR) is 138 cm³/mol. The highest BCUT2D eigenvalue weighted by Crippen LogP contribution is 2.42. The van der Waals surface area contributed by atoms with Crippen molar-refractivity contribution in [3.8, 4) is 16.5 Å². The molecule has 1 aliphatic heterocycles. The van der Waals surface area contributed by atoms with E-state index in [0.29, 0.717) is 28.1 Å². The fourth-order valence-electron chi connectivity index (χ4n) is 4.15. The van der Waals surface area contributed by atoms with Crippen molar-refractivity contribution >= 4 is 27.6 Å². The Morgan fingerprint density at radius 1 is 1.11 bits per heavy atom. The van der Waals surface area contributed by atoms with Crippen LogP contribution < -0.4 is 10.7 Å². The molecule has 4 rings (SSSR count). The highest BCUT2D eigenvalue weighted by atomic mass is 32.1. The number of nitrogens with one attached hydrogen (secondary N) is 1. The van der Waals surface area contributed by atoms with Crippen molar-refractivity contribution in [1.29, 1.82) is 5.26 Å². The summed E-state index contributed by atoms with van der Waals surface area (Å²) in [5, 5.41) is 13.8. The van der Waals surface area contributed by atoms with Crippen LogP contribution in [0.4, 0.5) is 4.79 Å². The second-order valence-corrected chi connectivity index (χ2v) is 9.37. The Morgan fingerprint density at radius 2 is 1.89 bits per heavy atom. The first-order valence-corrected chi connectivity index (χ1v) is 12.3. The highest BCUT2D eigenvalue weighted by Gasteiger charge is 2.34. The summed E-state index contributed by atoms with van der Waals surface area (Å²) in [5.74, 6) is -0.365. The largest absolute Gasteiger partial charge is 0.513 e. The number of nitriles is 1. The van der Waals surface area contributed by atoms with Crippen molar-refractivity contribution in [3.05, 3.63) is 93.1 Å². The van der Waals surface area contributed by atoms with Gasteiger partial charge in [-0.2, -0.15) is 5.26 Å². The molecule has 0 bridgehead atoms. The fraction of sp³-hybridized carbons (Fsp3) is 0.250. The van der Waals surface area contributed by atoms with Gasteiger partial charge < -0.3 is 14.8 Å². The standard InChI is InChI=1S/C28H26N2O4S/c1-4-5-14-33-28(32)34-26-18(3)30-17(2)22(16-29)25(26)21-13-9-12-20-23(31)15-24(35-27(20)21)19-10-7-6-8-11-19/h6-13,15,25,30H,4-5,14H2,1-3H3. The van der Waals surface area contributed by atoms with E-state index < -0.39 is 12.1 Å². The number of unbranched alkanes of at least 4 members (excludes halogenated alkanes) is 1. The van der Waals surface area contributed by atoms with Gasteiger partial charge in [0.05, 0.1) is 29.9 Å². The smallest absolute Gasteiger partial charge is 0.434 e. The Bertz CT molecular complexity index is 1430. The summed E-state index contributed by atoms with van der Waals surface area (Å²) < 4.78 is 11.7. The van der Waals surface area contributed by atoms with Crippen molar-refractivity contribution in [1.82, 2.24) is 5.32 Å². The molecule has 2 heterocycles. The van der Waals surface area contributed by atoms with E-state index in [0.717, 1.165) is 33.5 Å². The molecule has 6 nitrogen and oxygen atoms in total. The number of nitrogens with zero attached hydrogens (tertiary/aromatic N) is 1. The minimum Gasteiger partial charge on any atom is -0.434 e. The van der Waals surface area contributed by atoms with Gasteiger partial charge in [-0.1, -0.05) is 55.8 Å². The Balaban J connectivity index is 1.88. The average Bonchev–Trinajstić information content (AvgIpc) is 2.86. The molecule has 0 aliphatic carbocycles. The zero-order valence-corrected chi connectivity index (χ0v) is 20.7. The van der Waals surface area contributed by atoms with E-state index in [1.54, 1.807) is 25.1 Å². The van der Waals surface area contributed by atoms with Gasteiger partial charge in [-0.3, -0.25) is 4.79 Å². The Morgan fingerprint density at radius 3 is 2.60 bits per heavy atom. The van der Waals surface area contributed by atoms with E-state index >= 15 is 0 Å². The monoisotopic (exact) mass is 486 g/mol. The molecule has 1 aliphatic rings. The molecular weight excluding hydrogens is 460 g/mol. The second-order valence-electron chi connectivity index (χ2n) is 8.32. The van der Waals surface area contributed by atoms with Gasteiger partial charge in [0.1, 0.15) is 5.76 Å². The quantitative estimate of drug-likeness (QED) is 0.312. The molecule has 1 unspecified atom stereocenters. The molecule has 178 valence electrons. The maximum Gasteiger partial charge on any atom is 0.513 e. The summed E-state index contributed by atoms with van der Waals surface area (Å²) in [4.78, 5) is 26.4. The lowest BCUT2D eigenvalue weighted by molar-refractivity contribution is 0.0719. The van der Waals surface area contributed by atoms with Gasteiger partial charge in [0.25, 0.3) is 0 Å². The summed E-state index contributed by atoms with van der Waals surface area (Å²) in [6, 6.07) is 19.1. The molecule has 1 aromatic heterocycles. The maximum atomic E-state index is 13.1. The molecular formula is C28H26N2O4S. The Hall–Kier alpha value is -3.89. The van der Waals surface area contributed by atoms with Crippen LogP contribution in [-0.2, 0) is 9.47 Å². The first kappa shape index (κ1) is 24.2. The zero-order valence-electron chi connectivity index (χ0n) is 19.9. The van der Waals surface area contributed by atoms with Gasteiger partial charge in [0, 0.05) is 26.7 Å². The lowest BCUT2D eigenvalue weighted by atomic mass is 9.85. The summed E-state index contributed by atoms with van der Waals surface area (Å²) in [7, 11) is 0. The number of ether oxygens (including phenoxy) is 2. The van der Waals surface area contributed by atoms with Crippen LogP contribution in [0.1, 0.15) is 45.1 Å². The van der Waals surface area contributed by atoms with E-state index in [2.05, 4.69) is 11.4 Å². The summed E-state index contributed by atoms with van der Waals surface area (Å²) in [6.45, 7) is 5.87. The Labute approximate surface area is 208 Å². The summed E-state index contributed by atoms with van der Waals surface area (Å²) in [6.07, 6.45) is 0.810. The third kappa shape index (κ3) is 4.98. The number of hydrogen-bond acceptors (Lipinski definition) is 7. The third-order valence-electron chi connectivity index (χ3n) is 5.89. The average molecular weight is 487 g/mol. The van der Waals surface area contributed by atoms with Crippen LogP contribution in [0.2, 0.25) is 0 Å². The van der Waals surface area contributed by atoms with Gasteiger partial charge in [-0.15, -0.1) is 11.3 Å². The van der Waals surface area contributed by atoms with Crippen LogP contribution in [0.15, 0.2) is 82.1 Å². The van der Waals surface area contributed by atoms with Gasteiger partial charge in [0.2, 0.25) is 0 Å². The van der Waals surface area contributed by atoms with Gasteiger partial charge in [-0.25, -0.2) is 4.79 Å². The van der Waals surface area contributed by atoms with Crippen LogP contribution in [0, 0.1) is 11.3 Å². The van der Waals surface area contributed by atoms with Crippen molar-refractivity contribution in [2.45, 2.75) is 39.5 Å². The number of hydrogen-bond donors (Lipinski definition) is 1. The van der Waals surface area contributed by atoms with E-state index in [1.165, 1.54) is 11.3 Å². The molecule has 1 atom stereocenters. The van der Waals surface area contributed by atoms with E-state index in [1.807, 2.05) is 50.2 Å². The van der Waals surface area contributed by atoms with Crippen molar-refractivity contribution in [2.75, 3.05) is 6.61 Å². The van der Waals surface area contributed by atoms with Crippen LogP contribution in [0.5, 0.6) is 0 Å². The summed E-state index contributed by atoms with van der Waals surface area (Å²) >= 11 is 1.48. The Kier molecular flexibility index (Phi) is 7.33. The number of benzene rings is 2. The number of dihydropyridines is 1. The number of carbonyl (C=O) groups excluding carboxylic acids is 1. The van der Waals surface area contributed by atoms with E-state index in [9.17, 15) is 14.9 Å². The molecule has 0 saturated heterocycles. The minimum absolute atomic E-state index is 0.102. The van der Waals surface area contributed by atoms with Crippen LogP contribution in [0.25, 0.3) is 20.5 Å². The van der Waals surface area contributed by atoms with Gasteiger partial charge >= 0.3 is 6.16 Å². The number of allylic oxidation sites excluding steroid dienone is 3. The molecule has 3 aromatic rings. The van der Waals surface area contributed by atoms with Crippen LogP contribution >= 0.6 is 11.3 Å². The molecule has 35 heavy (non-hydrogen) atoms. The zero-order chi connectivity index (χ0) is 24.9. The number of rotatable bonds is 6. The van der Waals surface area contributed by atoms with Crippen molar-refractivity contribution < 1.29 is 14.3 Å². The first-order chi connectivity index (χ1) is 16.9. The first-order valence-electron chi connectivity index (χ1n) is 11.5. The molecule has 1 N–H and O–H groups in total. The van der Waals surface area contributed by atoms with Gasteiger partial charge in [-0.05, 0) is 37.5 Å². The topological polar surface area (TPSA) is 88.4 Å². The maximum absolute atomic E-state index is 13.1. The second kappa shape index (κ2) is 10.6. The number of fused-ring (bicyclic) bond motifs is 1. The molecule has 0 amide bonds. The van der Waals surface area contributed by atoms with Crippen molar-refractivity contribution in [3.63, 3.8) is 0 Å². The van der Waals surface area contributed by atoms with E-state index in [-0.39, 0.29) is 12.0 Å². The predicted octanol–water partition coefficient (Wildman–Crippen LogP) is 6.60. The van der Waals surface area contributed by atoms with Crippen LogP contribution in [0.3, 0.4) is 0 Å². The summed E-state index contributed by atoms with van der Waals surface area (Å²) in [5.41, 5.74) is 3.27. The van der Waals surface area contributed by atoms with Crippen LogP contribution in [-0.4, -0.2) is 12.8 Å². The molecule has 0 radical (unpaired) electrons. The molecule has 0 spiro atoms. The highest BCUT2D eigenvalue weighted by molar-refractivity contribution is 7.21. The molecule has 0 saturated carbocycles. The molecule has 0 fully saturated rings. The van der Waals surface area contributed by atoms with Gasteiger partial charge in [0.15, 0.2) is 5.43 Å². The molecule has 2 aromatic carbocycles. The lowest BCUT2D eigenvalue weighted by Crippen LogP contribution is -2.27. The minimum atomic E-state index is -0.810. The fourth-order valence-corrected chi connectivity index (χ4v) is 5.37. The SMILES string of the molecule is CCCCOC(=O)OC1=C(C)NC(C)=C(C#N)C1c1cccc2c(=O)cc(-c3ccccc3)sc12. The van der Waals surface area contributed by atoms with E-state index in [4.69, 9.17) is 9.47 Å². The normalized spacial score (nSPS) is 15.5. The molecule has 7 heteroatoms. The third-order valence-corrected chi connectivity index (χ3v) is 7.12.